The first-order valence-corrected chi connectivity index (χ1v) is 8.89. The predicted molar refractivity (Wildman–Crippen MR) is 99.0 cm³/mol. The van der Waals surface area contributed by atoms with Gasteiger partial charge in [-0.15, -0.1) is 0 Å². The SMILES string of the molecule is Cc1cccc(NC2CCN(CCCc3ccccc3)CC2)c1. The molecule has 2 aromatic rings. The van der Waals surface area contributed by atoms with Crippen LogP contribution < -0.4 is 5.32 Å². The van der Waals surface area contributed by atoms with Crippen molar-refractivity contribution in [2.24, 2.45) is 0 Å². The Labute approximate surface area is 140 Å². The molecule has 2 heteroatoms. The quantitative estimate of drug-likeness (QED) is 0.845. The van der Waals surface area contributed by atoms with E-state index in [1.165, 1.54) is 62.1 Å². The van der Waals surface area contributed by atoms with Crippen LogP contribution in [0.1, 0.15) is 30.4 Å². The second-order valence-corrected chi connectivity index (χ2v) is 6.72. The highest BCUT2D eigenvalue weighted by Gasteiger charge is 2.18. The lowest BCUT2D eigenvalue weighted by atomic mass is 10.0. The Morgan fingerprint density at radius 1 is 1.00 bits per heavy atom. The van der Waals surface area contributed by atoms with Crippen molar-refractivity contribution in [2.45, 2.75) is 38.6 Å². The number of likely N-dealkylation sites (tertiary alicyclic amines) is 1. The second-order valence-electron chi connectivity index (χ2n) is 6.72. The van der Waals surface area contributed by atoms with Crippen LogP contribution in [-0.4, -0.2) is 30.6 Å². The summed E-state index contributed by atoms with van der Waals surface area (Å²) in [4.78, 5) is 2.62. The first kappa shape index (κ1) is 16.1. The number of piperidine rings is 1. The lowest BCUT2D eigenvalue weighted by Gasteiger charge is -2.33. The lowest BCUT2D eigenvalue weighted by molar-refractivity contribution is 0.217. The molecule has 0 amide bonds. The highest BCUT2D eigenvalue weighted by Crippen LogP contribution is 2.18. The largest absolute Gasteiger partial charge is 0.382 e. The molecule has 0 aromatic heterocycles. The van der Waals surface area contributed by atoms with Crippen LogP contribution >= 0.6 is 0 Å². The number of nitrogens with one attached hydrogen (secondary N) is 1. The van der Waals surface area contributed by atoms with Crippen LogP contribution in [0.25, 0.3) is 0 Å². The summed E-state index contributed by atoms with van der Waals surface area (Å²) in [6.07, 6.45) is 4.96. The van der Waals surface area contributed by atoms with Crippen molar-refractivity contribution in [3.8, 4) is 0 Å². The number of hydrogen-bond acceptors (Lipinski definition) is 2. The fraction of sp³-hybridized carbons (Fsp3) is 0.429. The van der Waals surface area contributed by atoms with Gasteiger partial charge in [0.05, 0.1) is 0 Å². The van der Waals surface area contributed by atoms with Gasteiger partial charge < -0.3 is 10.2 Å². The zero-order valence-electron chi connectivity index (χ0n) is 14.2. The molecule has 2 aromatic carbocycles. The van der Waals surface area contributed by atoms with Gasteiger partial charge in [0.25, 0.3) is 0 Å². The van der Waals surface area contributed by atoms with E-state index in [2.05, 4.69) is 71.7 Å². The average Bonchev–Trinajstić information content (AvgIpc) is 2.58. The first-order valence-electron chi connectivity index (χ1n) is 8.89. The molecule has 0 bridgehead atoms. The number of hydrogen-bond donors (Lipinski definition) is 1. The predicted octanol–water partition coefficient (Wildman–Crippen LogP) is 4.50. The molecule has 1 aliphatic rings. The topological polar surface area (TPSA) is 15.3 Å². The zero-order valence-corrected chi connectivity index (χ0v) is 14.2. The molecule has 1 N–H and O–H groups in total. The molecule has 122 valence electrons. The van der Waals surface area contributed by atoms with Crippen molar-refractivity contribution >= 4 is 5.69 Å². The molecule has 3 rings (SSSR count). The molecule has 1 heterocycles. The van der Waals surface area contributed by atoms with Crippen molar-refractivity contribution in [2.75, 3.05) is 25.0 Å². The lowest BCUT2D eigenvalue weighted by Crippen LogP contribution is -2.39. The minimum atomic E-state index is 0.627. The Balaban J connectivity index is 1.37. The van der Waals surface area contributed by atoms with Crippen LogP contribution in [0.5, 0.6) is 0 Å². The van der Waals surface area contributed by atoms with Crippen molar-refractivity contribution < 1.29 is 0 Å². The summed E-state index contributed by atoms with van der Waals surface area (Å²) < 4.78 is 0. The Kier molecular flexibility index (Phi) is 5.71. The maximum atomic E-state index is 3.70. The summed E-state index contributed by atoms with van der Waals surface area (Å²) in [5, 5.41) is 3.70. The van der Waals surface area contributed by atoms with Crippen LogP contribution in [0.2, 0.25) is 0 Å². The number of rotatable bonds is 6. The summed E-state index contributed by atoms with van der Waals surface area (Å²) in [7, 11) is 0. The Hall–Kier alpha value is -1.80. The van der Waals surface area contributed by atoms with Crippen LogP contribution in [0.15, 0.2) is 54.6 Å². The van der Waals surface area contributed by atoms with E-state index in [4.69, 9.17) is 0 Å². The average molecular weight is 308 g/mol. The van der Waals surface area contributed by atoms with Gasteiger partial charge in [0, 0.05) is 24.8 Å². The molecule has 0 unspecified atom stereocenters. The van der Waals surface area contributed by atoms with Gasteiger partial charge in [-0.1, -0.05) is 42.5 Å². The highest BCUT2D eigenvalue weighted by atomic mass is 15.1. The fourth-order valence-electron chi connectivity index (χ4n) is 3.42. The summed E-state index contributed by atoms with van der Waals surface area (Å²) >= 11 is 0. The molecule has 0 atom stereocenters. The third-order valence-electron chi connectivity index (χ3n) is 4.76. The van der Waals surface area contributed by atoms with Gasteiger partial charge in [0.2, 0.25) is 0 Å². The highest BCUT2D eigenvalue weighted by molar-refractivity contribution is 5.46. The monoisotopic (exact) mass is 308 g/mol. The third-order valence-corrected chi connectivity index (χ3v) is 4.76. The van der Waals surface area contributed by atoms with Gasteiger partial charge >= 0.3 is 0 Å². The summed E-state index contributed by atoms with van der Waals surface area (Å²) in [6, 6.07) is 20.2. The Morgan fingerprint density at radius 2 is 1.78 bits per heavy atom. The van der Waals surface area contributed by atoms with E-state index in [-0.39, 0.29) is 0 Å². The smallest absolute Gasteiger partial charge is 0.0344 e. The number of benzene rings is 2. The van der Waals surface area contributed by atoms with E-state index >= 15 is 0 Å². The maximum absolute atomic E-state index is 3.70. The third kappa shape index (κ3) is 5.11. The van der Waals surface area contributed by atoms with Gasteiger partial charge in [-0.05, 0) is 62.4 Å². The summed E-state index contributed by atoms with van der Waals surface area (Å²) in [5.41, 5.74) is 4.06. The normalized spacial score (nSPS) is 16.4. The molecule has 0 spiro atoms. The van der Waals surface area contributed by atoms with Crippen LogP contribution in [0, 0.1) is 6.92 Å². The van der Waals surface area contributed by atoms with Gasteiger partial charge in [0.1, 0.15) is 0 Å². The van der Waals surface area contributed by atoms with E-state index in [9.17, 15) is 0 Å². The van der Waals surface area contributed by atoms with E-state index in [1.807, 2.05) is 0 Å². The minimum Gasteiger partial charge on any atom is -0.382 e. The Morgan fingerprint density at radius 3 is 2.52 bits per heavy atom. The van der Waals surface area contributed by atoms with E-state index in [0.29, 0.717) is 6.04 Å². The fourth-order valence-corrected chi connectivity index (χ4v) is 3.42. The number of nitrogens with zero attached hydrogens (tertiary/aromatic N) is 1. The van der Waals surface area contributed by atoms with E-state index in [1.54, 1.807) is 0 Å². The van der Waals surface area contributed by atoms with Crippen LogP contribution in [0.3, 0.4) is 0 Å². The summed E-state index contributed by atoms with van der Waals surface area (Å²) in [6.45, 7) is 5.82. The van der Waals surface area contributed by atoms with E-state index in [0.717, 1.165) is 0 Å². The van der Waals surface area contributed by atoms with Crippen molar-refractivity contribution in [3.05, 3.63) is 65.7 Å². The Bertz CT molecular complexity index is 586. The van der Waals surface area contributed by atoms with Crippen molar-refractivity contribution in [1.82, 2.24) is 4.90 Å². The molecule has 1 fully saturated rings. The minimum absolute atomic E-state index is 0.627. The molecule has 0 radical (unpaired) electrons. The van der Waals surface area contributed by atoms with Crippen molar-refractivity contribution in [1.29, 1.82) is 0 Å². The van der Waals surface area contributed by atoms with Gasteiger partial charge in [-0.25, -0.2) is 0 Å². The molecule has 23 heavy (non-hydrogen) atoms. The van der Waals surface area contributed by atoms with Crippen LogP contribution in [0.4, 0.5) is 5.69 Å². The summed E-state index contributed by atoms with van der Waals surface area (Å²) in [5.74, 6) is 0. The maximum Gasteiger partial charge on any atom is 0.0344 e. The molecular formula is C21H28N2. The standard InChI is InChI=1S/C21H28N2/c1-18-7-5-11-21(17-18)22-20-12-15-23(16-13-20)14-6-10-19-8-3-2-4-9-19/h2-5,7-9,11,17,20,22H,6,10,12-16H2,1H3. The second kappa shape index (κ2) is 8.16. The molecular weight excluding hydrogens is 280 g/mol. The molecule has 0 saturated carbocycles. The van der Waals surface area contributed by atoms with Gasteiger partial charge in [-0.3, -0.25) is 0 Å². The van der Waals surface area contributed by atoms with Crippen LogP contribution in [-0.2, 0) is 6.42 Å². The number of anilines is 1. The molecule has 1 aliphatic heterocycles. The molecule has 0 aliphatic carbocycles. The first-order chi connectivity index (χ1) is 11.3. The van der Waals surface area contributed by atoms with Gasteiger partial charge in [0.15, 0.2) is 0 Å². The number of aryl methyl sites for hydroxylation is 2. The van der Waals surface area contributed by atoms with Gasteiger partial charge in [-0.2, -0.15) is 0 Å². The van der Waals surface area contributed by atoms with Crippen molar-refractivity contribution in [3.63, 3.8) is 0 Å². The molecule has 2 nitrogen and oxygen atoms in total. The van der Waals surface area contributed by atoms with E-state index < -0.39 is 0 Å². The zero-order chi connectivity index (χ0) is 15.9. The molecule has 1 saturated heterocycles.